The SMILES string of the molecule is O=C(NCc1cccnc1)c1ccnc(Cl)c1. The van der Waals surface area contributed by atoms with Crippen molar-refractivity contribution in [2.75, 3.05) is 0 Å². The molecule has 0 aliphatic rings. The summed E-state index contributed by atoms with van der Waals surface area (Å²) in [7, 11) is 0. The number of rotatable bonds is 3. The van der Waals surface area contributed by atoms with Gasteiger partial charge in [-0.1, -0.05) is 17.7 Å². The zero-order valence-corrected chi connectivity index (χ0v) is 9.69. The van der Waals surface area contributed by atoms with E-state index in [4.69, 9.17) is 11.6 Å². The largest absolute Gasteiger partial charge is 0.348 e. The normalized spacial score (nSPS) is 9.94. The first-order valence-corrected chi connectivity index (χ1v) is 5.42. The predicted octanol–water partition coefficient (Wildman–Crippen LogP) is 2.06. The molecule has 0 saturated carbocycles. The molecule has 1 N–H and O–H groups in total. The molecule has 0 aliphatic carbocycles. The highest BCUT2D eigenvalue weighted by atomic mass is 35.5. The van der Waals surface area contributed by atoms with Crippen LogP contribution in [0.3, 0.4) is 0 Å². The van der Waals surface area contributed by atoms with Crippen LogP contribution in [-0.2, 0) is 6.54 Å². The monoisotopic (exact) mass is 247 g/mol. The van der Waals surface area contributed by atoms with Gasteiger partial charge in [-0.05, 0) is 23.8 Å². The van der Waals surface area contributed by atoms with Crippen molar-refractivity contribution in [2.45, 2.75) is 6.54 Å². The zero-order chi connectivity index (χ0) is 12.1. The Labute approximate surface area is 104 Å². The first kappa shape index (κ1) is 11.5. The Bertz CT molecular complexity index is 516. The molecule has 0 bridgehead atoms. The summed E-state index contributed by atoms with van der Waals surface area (Å²) in [6.07, 6.45) is 4.90. The lowest BCUT2D eigenvalue weighted by Gasteiger charge is -2.04. The van der Waals surface area contributed by atoms with E-state index in [0.717, 1.165) is 5.56 Å². The Morgan fingerprint density at radius 1 is 1.35 bits per heavy atom. The fourth-order valence-electron chi connectivity index (χ4n) is 1.33. The van der Waals surface area contributed by atoms with Gasteiger partial charge in [0.2, 0.25) is 0 Å². The van der Waals surface area contributed by atoms with Gasteiger partial charge >= 0.3 is 0 Å². The van der Waals surface area contributed by atoms with E-state index in [0.29, 0.717) is 17.3 Å². The third-order valence-electron chi connectivity index (χ3n) is 2.16. The van der Waals surface area contributed by atoms with Gasteiger partial charge in [-0.15, -0.1) is 0 Å². The minimum absolute atomic E-state index is 0.182. The topological polar surface area (TPSA) is 54.9 Å². The van der Waals surface area contributed by atoms with Crippen molar-refractivity contribution in [1.82, 2.24) is 15.3 Å². The quantitative estimate of drug-likeness (QED) is 0.845. The van der Waals surface area contributed by atoms with Gasteiger partial charge in [0, 0.05) is 30.7 Å². The molecule has 1 amide bonds. The van der Waals surface area contributed by atoms with E-state index in [2.05, 4.69) is 15.3 Å². The maximum absolute atomic E-state index is 11.8. The van der Waals surface area contributed by atoms with Crippen molar-refractivity contribution in [3.8, 4) is 0 Å². The van der Waals surface area contributed by atoms with Crippen LogP contribution in [0.1, 0.15) is 15.9 Å². The second-order valence-corrected chi connectivity index (χ2v) is 3.80. The molecule has 0 atom stereocenters. The Hall–Kier alpha value is -1.94. The summed E-state index contributed by atoms with van der Waals surface area (Å²) in [5.74, 6) is -0.182. The summed E-state index contributed by atoms with van der Waals surface area (Å²) in [5.41, 5.74) is 1.44. The lowest BCUT2D eigenvalue weighted by atomic mass is 10.2. The van der Waals surface area contributed by atoms with Crippen LogP contribution in [0.15, 0.2) is 42.9 Å². The molecule has 2 heterocycles. The molecule has 2 aromatic heterocycles. The van der Waals surface area contributed by atoms with Crippen molar-refractivity contribution in [2.24, 2.45) is 0 Å². The van der Waals surface area contributed by atoms with Crippen molar-refractivity contribution < 1.29 is 4.79 Å². The van der Waals surface area contributed by atoms with Crippen molar-refractivity contribution in [3.05, 3.63) is 59.1 Å². The van der Waals surface area contributed by atoms with Crippen LogP contribution in [0.5, 0.6) is 0 Å². The highest BCUT2D eigenvalue weighted by Gasteiger charge is 2.05. The lowest BCUT2D eigenvalue weighted by Crippen LogP contribution is -2.22. The van der Waals surface area contributed by atoms with Gasteiger partial charge in [0.05, 0.1) is 0 Å². The first-order valence-electron chi connectivity index (χ1n) is 5.04. The van der Waals surface area contributed by atoms with Crippen LogP contribution in [0.25, 0.3) is 0 Å². The maximum Gasteiger partial charge on any atom is 0.251 e. The zero-order valence-electron chi connectivity index (χ0n) is 8.93. The molecule has 17 heavy (non-hydrogen) atoms. The van der Waals surface area contributed by atoms with Crippen LogP contribution in [0.2, 0.25) is 5.15 Å². The molecule has 4 nitrogen and oxygen atoms in total. The lowest BCUT2D eigenvalue weighted by molar-refractivity contribution is 0.0951. The summed E-state index contributed by atoms with van der Waals surface area (Å²) in [6, 6.07) is 6.86. The number of halogens is 1. The predicted molar refractivity (Wildman–Crippen MR) is 64.7 cm³/mol. The van der Waals surface area contributed by atoms with E-state index in [1.54, 1.807) is 18.5 Å². The number of nitrogens with zero attached hydrogens (tertiary/aromatic N) is 2. The Kier molecular flexibility index (Phi) is 3.67. The molecule has 0 fully saturated rings. The number of hydrogen-bond donors (Lipinski definition) is 1. The number of pyridine rings is 2. The molecular weight excluding hydrogens is 238 g/mol. The molecule has 0 aliphatic heterocycles. The molecular formula is C12H10ClN3O. The van der Waals surface area contributed by atoms with Crippen molar-refractivity contribution >= 4 is 17.5 Å². The van der Waals surface area contributed by atoms with Crippen molar-refractivity contribution in [3.63, 3.8) is 0 Å². The second-order valence-electron chi connectivity index (χ2n) is 3.41. The molecule has 0 aromatic carbocycles. The highest BCUT2D eigenvalue weighted by molar-refractivity contribution is 6.29. The average Bonchev–Trinajstić information content (AvgIpc) is 2.37. The van der Waals surface area contributed by atoms with E-state index in [1.165, 1.54) is 12.3 Å². The number of carbonyl (C=O) groups excluding carboxylic acids is 1. The summed E-state index contributed by atoms with van der Waals surface area (Å²) >= 11 is 5.70. The maximum atomic E-state index is 11.8. The van der Waals surface area contributed by atoms with Gasteiger partial charge in [0.1, 0.15) is 5.15 Å². The Balaban J connectivity index is 1.98. The highest BCUT2D eigenvalue weighted by Crippen LogP contribution is 2.07. The Morgan fingerprint density at radius 3 is 2.94 bits per heavy atom. The third kappa shape index (κ3) is 3.26. The van der Waals surface area contributed by atoms with Gasteiger partial charge in [0.25, 0.3) is 5.91 Å². The number of amides is 1. The third-order valence-corrected chi connectivity index (χ3v) is 2.37. The summed E-state index contributed by atoms with van der Waals surface area (Å²) in [4.78, 5) is 19.5. The van der Waals surface area contributed by atoms with Crippen LogP contribution < -0.4 is 5.32 Å². The van der Waals surface area contributed by atoms with Crippen LogP contribution in [-0.4, -0.2) is 15.9 Å². The number of carbonyl (C=O) groups is 1. The molecule has 2 aromatic rings. The second kappa shape index (κ2) is 5.41. The molecule has 86 valence electrons. The smallest absolute Gasteiger partial charge is 0.251 e. The van der Waals surface area contributed by atoms with E-state index >= 15 is 0 Å². The van der Waals surface area contributed by atoms with Gasteiger partial charge in [0.15, 0.2) is 0 Å². The summed E-state index contributed by atoms with van der Waals surface area (Å²) < 4.78 is 0. The van der Waals surface area contributed by atoms with Crippen LogP contribution >= 0.6 is 11.6 Å². The summed E-state index contributed by atoms with van der Waals surface area (Å²) in [6.45, 7) is 0.437. The number of nitrogens with one attached hydrogen (secondary N) is 1. The summed E-state index contributed by atoms with van der Waals surface area (Å²) in [5, 5.41) is 3.08. The molecule has 0 saturated heterocycles. The molecule has 0 unspecified atom stereocenters. The van der Waals surface area contributed by atoms with E-state index in [-0.39, 0.29) is 5.91 Å². The van der Waals surface area contributed by atoms with Gasteiger partial charge < -0.3 is 5.32 Å². The van der Waals surface area contributed by atoms with Crippen LogP contribution in [0.4, 0.5) is 0 Å². The van der Waals surface area contributed by atoms with E-state index in [1.807, 2.05) is 12.1 Å². The van der Waals surface area contributed by atoms with Gasteiger partial charge in [-0.25, -0.2) is 4.98 Å². The fourth-order valence-corrected chi connectivity index (χ4v) is 1.50. The minimum atomic E-state index is -0.182. The average molecular weight is 248 g/mol. The molecule has 2 rings (SSSR count). The van der Waals surface area contributed by atoms with Gasteiger partial charge in [-0.3, -0.25) is 9.78 Å². The van der Waals surface area contributed by atoms with E-state index < -0.39 is 0 Å². The van der Waals surface area contributed by atoms with Crippen LogP contribution in [0, 0.1) is 0 Å². The fraction of sp³-hybridized carbons (Fsp3) is 0.0833. The first-order chi connectivity index (χ1) is 8.25. The van der Waals surface area contributed by atoms with Crippen molar-refractivity contribution in [1.29, 1.82) is 0 Å². The van der Waals surface area contributed by atoms with Gasteiger partial charge in [-0.2, -0.15) is 0 Å². The Morgan fingerprint density at radius 2 is 2.24 bits per heavy atom. The number of hydrogen-bond acceptors (Lipinski definition) is 3. The molecule has 0 radical (unpaired) electrons. The minimum Gasteiger partial charge on any atom is -0.348 e. The standard InChI is InChI=1S/C12H10ClN3O/c13-11-6-10(3-5-15-11)12(17)16-8-9-2-1-4-14-7-9/h1-7H,8H2,(H,16,17). The molecule has 5 heteroatoms. The van der Waals surface area contributed by atoms with E-state index in [9.17, 15) is 4.79 Å². The molecule has 0 spiro atoms. The number of aromatic nitrogens is 2.